The summed E-state index contributed by atoms with van der Waals surface area (Å²) in [7, 11) is 1.60. The molecule has 0 amide bonds. The summed E-state index contributed by atoms with van der Waals surface area (Å²) in [6.07, 6.45) is -0.225. The number of benzene rings is 1. The molecule has 2 heterocycles. The Morgan fingerprint density at radius 1 is 1.33 bits per heavy atom. The van der Waals surface area contributed by atoms with Gasteiger partial charge < -0.3 is 14.8 Å². The maximum atomic E-state index is 12.6. The Kier molecular flexibility index (Phi) is 4.20. The van der Waals surface area contributed by atoms with E-state index in [1.807, 2.05) is 38.1 Å². The SMILES string of the molecule is C=C1Nc2nnnn2[C@H](c2ccc(OC)cc2)[C@H]1C(=O)OC(C)C. The molecular weight excluding hydrogens is 310 g/mol. The second-order valence-electron chi connectivity index (χ2n) is 5.78. The van der Waals surface area contributed by atoms with Gasteiger partial charge in [0, 0.05) is 5.70 Å². The Hall–Kier alpha value is -2.90. The van der Waals surface area contributed by atoms with Gasteiger partial charge in [-0.1, -0.05) is 23.8 Å². The van der Waals surface area contributed by atoms with Crippen molar-refractivity contribution < 1.29 is 14.3 Å². The molecule has 0 unspecified atom stereocenters. The lowest BCUT2D eigenvalue weighted by Crippen LogP contribution is -2.38. The van der Waals surface area contributed by atoms with Crippen LogP contribution in [-0.4, -0.2) is 39.4 Å². The fraction of sp³-hybridized carbons (Fsp3) is 0.375. The van der Waals surface area contributed by atoms with Gasteiger partial charge in [0.05, 0.1) is 13.2 Å². The molecule has 8 heteroatoms. The van der Waals surface area contributed by atoms with E-state index in [0.717, 1.165) is 11.3 Å². The van der Waals surface area contributed by atoms with Crippen LogP contribution in [0.1, 0.15) is 25.5 Å². The molecule has 0 bridgehead atoms. The average Bonchev–Trinajstić information content (AvgIpc) is 3.00. The van der Waals surface area contributed by atoms with Crippen LogP contribution in [0.25, 0.3) is 0 Å². The number of carbonyl (C=O) groups is 1. The van der Waals surface area contributed by atoms with Gasteiger partial charge in [0.25, 0.3) is 0 Å². The van der Waals surface area contributed by atoms with E-state index in [2.05, 4.69) is 27.4 Å². The molecule has 1 aromatic heterocycles. The maximum Gasteiger partial charge on any atom is 0.317 e. The van der Waals surface area contributed by atoms with Gasteiger partial charge in [0.15, 0.2) is 0 Å². The molecule has 1 aliphatic heterocycles. The Balaban J connectivity index is 2.05. The van der Waals surface area contributed by atoms with Crippen molar-refractivity contribution in [1.82, 2.24) is 20.2 Å². The van der Waals surface area contributed by atoms with Crippen molar-refractivity contribution in [3.05, 3.63) is 42.1 Å². The molecule has 2 aromatic rings. The van der Waals surface area contributed by atoms with Crippen LogP contribution in [0.3, 0.4) is 0 Å². The lowest BCUT2D eigenvalue weighted by Gasteiger charge is -2.32. The van der Waals surface area contributed by atoms with E-state index in [1.165, 1.54) is 0 Å². The molecule has 0 saturated heterocycles. The zero-order chi connectivity index (χ0) is 17.3. The highest BCUT2D eigenvalue weighted by molar-refractivity contribution is 5.79. The quantitative estimate of drug-likeness (QED) is 0.855. The lowest BCUT2D eigenvalue weighted by atomic mass is 9.89. The van der Waals surface area contributed by atoms with Crippen LogP contribution in [0, 0.1) is 5.92 Å². The number of esters is 1. The van der Waals surface area contributed by atoms with Crippen LogP contribution in [0.5, 0.6) is 5.75 Å². The number of aromatic nitrogens is 4. The summed E-state index contributed by atoms with van der Waals surface area (Å²) in [5.74, 6) is 0.153. The normalized spacial score (nSPS) is 19.6. The van der Waals surface area contributed by atoms with Crippen molar-refractivity contribution in [3.8, 4) is 5.75 Å². The van der Waals surface area contributed by atoms with Gasteiger partial charge in [-0.15, -0.1) is 0 Å². The topological polar surface area (TPSA) is 91.2 Å². The first-order valence-corrected chi connectivity index (χ1v) is 7.59. The maximum absolute atomic E-state index is 12.6. The van der Waals surface area contributed by atoms with E-state index >= 15 is 0 Å². The van der Waals surface area contributed by atoms with Gasteiger partial charge >= 0.3 is 5.97 Å². The minimum Gasteiger partial charge on any atom is -0.497 e. The van der Waals surface area contributed by atoms with E-state index in [4.69, 9.17) is 9.47 Å². The largest absolute Gasteiger partial charge is 0.497 e. The summed E-state index contributed by atoms with van der Waals surface area (Å²) < 4.78 is 12.2. The van der Waals surface area contributed by atoms with Crippen molar-refractivity contribution >= 4 is 11.9 Å². The van der Waals surface area contributed by atoms with Gasteiger partial charge in [-0.3, -0.25) is 4.79 Å². The first kappa shape index (κ1) is 16.0. The van der Waals surface area contributed by atoms with Crippen molar-refractivity contribution in [2.45, 2.75) is 26.0 Å². The summed E-state index contributed by atoms with van der Waals surface area (Å²) in [6.45, 7) is 7.58. The van der Waals surface area contributed by atoms with E-state index in [1.54, 1.807) is 11.8 Å². The molecule has 0 spiro atoms. The predicted octanol–water partition coefficient (Wildman–Crippen LogP) is 1.78. The standard InChI is InChI=1S/C16H19N5O3/c1-9(2)24-15(22)13-10(3)17-16-18-19-20-21(16)14(13)11-5-7-12(23-4)8-6-11/h5-9,13-14H,3H2,1-2,4H3,(H,17,18,20)/t13-,14+/m0/s1. The lowest BCUT2D eigenvalue weighted by molar-refractivity contribution is -0.152. The van der Waals surface area contributed by atoms with Crippen LogP contribution in [0.15, 0.2) is 36.5 Å². The van der Waals surface area contributed by atoms with Gasteiger partial charge in [0.2, 0.25) is 5.95 Å². The van der Waals surface area contributed by atoms with Gasteiger partial charge in [-0.2, -0.15) is 0 Å². The molecule has 0 aliphatic carbocycles. The Morgan fingerprint density at radius 2 is 2.04 bits per heavy atom. The average molecular weight is 329 g/mol. The number of nitrogens with one attached hydrogen (secondary N) is 1. The molecule has 0 fully saturated rings. The molecule has 3 rings (SSSR count). The third-order valence-corrected chi connectivity index (χ3v) is 3.78. The van der Waals surface area contributed by atoms with Crippen LogP contribution >= 0.6 is 0 Å². The summed E-state index contributed by atoms with van der Waals surface area (Å²) in [4.78, 5) is 12.6. The molecule has 24 heavy (non-hydrogen) atoms. The number of anilines is 1. The molecule has 0 saturated carbocycles. The zero-order valence-corrected chi connectivity index (χ0v) is 13.8. The monoisotopic (exact) mass is 329 g/mol. The van der Waals surface area contributed by atoms with Crippen LogP contribution in [0.4, 0.5) is 5.95 Å². The number of ether oxygens (including phenoxy) is 2. The molecular formula is C16H19N5O3. The minimum atomic E-state index is -0.642. The third-order valence-electron chi connectivity index (χ3n) is 3.78. The molecule has 0 radical (unpaired) electrons. The molecule has 8 nitrogen and oxygen atoms in total. The second-order valence-corrected chi connectivity index (χ2v) is 5.78. The van der Waals surface area contributed by atoms with Crippen molar-refractivity contribution in [1.29, 1.82) is 0 Å². The molecule has 1 N–H and O–H groups in total. The number of hydrogen-bond donors (Lipinski definition) is 1. The van der Waals surface area contributed by atoms with E-state index in [-0.39, 0.29) is 12.1 Å². The van der Waals surface area contributed by atoms with Crippen molar-refractivity contribution in [3.63, 3.8) is 0 Å². The summed E-state index contributed by atoms with van der Waals surface area (Å²) in [5.41, 5.74) is 1.36. The highest BCUT2D eigenvalue weighted by Gasteiger charge is 2.41. The summed E-state index contributed by atoms with van der Waals surface area (Å²) >= 11 is 0. The molecule has 126 valence electrons. The number of tetrazole rings is 1. The number of rotatable bonds is 4. The Bertz CT molecular complexity index is 753. The first-order valence-electron chi connectivity index (χ1n) is 7.59. The number of carbonyl (C=O) groups excluding carboxylic acids is 1. The Morgan fingerprint density at radius 3 is 2.67 bits per heavy atom. The molecule has 1 aromatic carbocycles. The Labute approximate surface area is 139 Å². The fourth-order valence-electron chi connectivity index (χ4n) is 2.73. The van der Waals surface area contributed by atoms with E-state index < -0.39 is 12.0 Å². The highest BCUT2D eigenvalue weighted by Crippen LogP contribution is 2.38. The van der Waals surface area contributed by atoms with Crippen molar-refractivity contribution in [2.75, 3.05) is 12.4 Å². The van der Waals surface area contributed by atoms with Crippen LogP contribution in [-0.2, 0) is 9.53 Å². The zero-order valence-electron chi connectivity index (χ0n) is 13.8. The van der Waals surface area contributed by atoms with Gasteiger partial charge in [0.1, 0.15) is 17.7 Å². The number of nitrogens with zero attached hydrogens (tertiary/aromatic N) is 4. The number of hydrogen-bond acceptors (Lipinski definition) is 7. The summed E-state index contributed by atoms with van der Waals surface area (Å²) in [5, 5.41) is 14.6. The smallest absolute Gasteiger partial charge is 0.317 e. The van der Waals surface area contributed by atoms with Gasteiger partial charge in [-0.05, 0) is 42.0 Å². The third kappa shape index (κ3) is 2.82. The summed E-state index contributed by atoms with van der Waals surface area (Å²) in [6, 6.07) is 6.97. The molecule has 1 aliphatic rings. The highest BCUT2D eigenvalue weighted by atomic mass is 16.5. The minimum absolute atomic E-state index is 0.225. The van der Waals surface area contributed by atoms with Gasteiger partial charge in [-0.25, -0.2) is 4.68 Å². The molecule has 2 atom stereocenters. The fourth-order valence-corrected chi connectivity index (χ4v) is 2.73. The number of methoxy groups -OCH3 is 1. The van der Waals surface area contributed by atoms with Crippen LogP contribution < -0.4 is 10.1 Å². The first-order chi connectivity index (χ1) is 11.5. The van der Waals surface area contributed by atoms with Crippen molar-refractivity contribution in [2.24, 2.45) is 5.92 Å². The van der Waals surface area contributed by atoms with E-state index in [9.17, 15) is 4.79 Å². The second kappa shape index (κ2) is 6.31. The predicted molar refractivity (Wildman–Crippen MR) is 86.4 cm³/mol. The number of fused-ring (bicyclic) bond motifs is 1. The van der Waals surface area contributed by atoms with Crippen LogP contribution in [0.2, 0.25) is 0 Å². The van der Waals surface area contributed by atoms with E-state index in [0.29, 0.717) is 11.6 Å².